The van der Waals surface area contributed by atoms with Crippen LogP contribution in [0, 0.1) is 0 Å². The van der Waals surface area contributed by atoms with Gasteiger partial charge in [0.1, 0.15) is 11.5 Å². The number of carbonyl (C=O) groups excluding carboxylic acids is 2. The highest BCUT2D eigenvalue weighted by Crippen LogP contribution is 2.35. The third kappa shape index (κ3) is 2.82. The summed E-state index contributed by atoms with van der Waals surface area (Å²) in [6.07, 6.45) is 6.49. The lowest BCUT2D eigenvalue weighted by Gasteiger charge is -2.11. The lowest BCUT2D eigenvalue weighted by Crippen LogP contribution is -2.27. The molecule has 1 aromatic heterocycles. The number of benzene rings is 1. The van der Waals surface area contributed by atoms with Gasteiger partial charge in [-0.2, -0.15) is 0 Å². The van der Waals surface area contributed by atoms with Crippen LogP contribution >= 0.6 is 11.8 Å². The first-order valence-electron chi connectivity index (χ1n) is 6.42. The van der Waals surface area contributed by atoms with Crippen molar-refractivity contribution < 1.29 is 19.1 Å². The van der Waals surface area contributed by atoms with Gasteiger partial charge in [0.05, 0.1) is 16.9 Å². The molecule has 1 fully saturated rings. The van der Waals surface area contributed by atoms with E-state index in [9.17, 15) is 14.7 Å². The van der Waals surface area contributed by atoms with E-state index in [1.165, 1.54) is 24.3 Å². The van der Waals surface area contributed by atoms with E-state index in [-0.39, 0.29) is 16.9 Å². The monoisotopic (exact) mass is 313 g/mol. The predicted octanol–water partition coefficient (Wildman–Crippen LogP) is 3.78. The van der Waals surface area contributed by atoms with E-state index in [0.717, 1.165) is 16.7 Å². The lowest BCUT2D eigenvalue weighted by molar-refractivity contribution is -0.113. The van der Waals surface area contributed by atoms with Gasteiger partial charge in [0.2, 0.25) is 0 Å². The minimum atomic E-state index is -0.384. The van der Waals surface area contributed by atoms with Crippen LogP contribution in [0.15, 0.2) is 64.1 Å². The number of hydrogen-bond acceptors (Lipinski definition) is 5. The van der Waals surface area contributed by atoms with Gasteiger partial charge in [-0.3, -0.25) is 9.59 Å². The zero-order valence-corrected chi connectivity index (χ0v) is 12.1. The van der Waals surface area contributed by atoms with Crippen LogP contribution in [0.2, 0.25) is 0 Å². The van der Waals surface area contributed by atoms with Crippen molar-refractivity contribution in [1.29, 1.82) is 0 Å². The number of allylic oxidation sites excluding steroid dienone is 2. The minimum absolute atomic E-state index is 0.0765. The summed E-state index contributed by atoms with van der Waals surface area (Å²) < 4.78 is 5.14. The number of phenols is 1. The van der Waals surface area contributed by atoms with E-state index >= 15 is 0 Å². The summed E-state index contributed by atoms with van der Waals surface area (Å²) in [5.74, 6) is 0.353. The highest BCUT2D eigenvalue weighted by atomic mass is 32.2. The molecule has 2 amide bonds. The number of nitrogens with zero attached hydrogens (tertiary/aromatic N) is 1. The normalized spacial score (nSPS) is 17.1. The molecule has 1 aliphatic heterocycles. The third-order valence-electron chi connectivity index (χ3n) is 2.95. The van der Waals surface area contributed by atoms with Gasteiger partial charge in [0.25, 0.3) is 11.1 Å². The number of phenolic OH excluding ortho intramolecular Hbond substituents is 1. The average molecular weight is 313 g/mol. The number of furan rings is 1. The number of imide groups is 1. The summed E-state index contributed by atoms with van der Waals surface area (Å²) in [6, 6.07) is 9.45. The fraction of sp³-hybridized carbons (Fsp3) is 0. The molecule has 2 aromatic rings. The summed E-state index contributed by atoms with van der Waals surface area (Å²) in [5, 5.41) is 8.90. The molecule has 3 rings (SSSR count). The summed E-state index contributed by atoms with van der Waals surface area (Å²) in [4.78, 5) is 25.7. The number of anilines is 1. The predicted molar refractivity (Wildman–Crippen MR) is 84.4 cm³/mol. The van der Waals surface area contributed by atoms with E-state index < -0.39 is 0 Å². The molecule has 1 saturated heterocycles. The molecule has 5 nitrogen and oxygen atoms in total. The Bertz CT molecular complexity index is 760. The topological polar surface area (TPSA) is 70.8 Å². The molecule has 0 aliphatic carbocycles. The number of aromatic hydroxyl groups is 1. The van der Waals surface area contributed by atoms with Crippen LogP contribution in [-0.4, -0.2) is 16.3 Å². The van der Waals surface area contributed by atoms with Crippen molar-refractivity contribution in [2.75, 3.05) is 4.90 Å². The number of thioether (sulfide) groups is 1. The summed E-state index contributed by atoms with van der Waals surface area (Å²) in [6.45, 7) is 0. The van der Waals surface area contributed by atoms with E-state index in [2.05, 4.69) is 0 Å². The SMILES string of the molecule is O=C1S/C(=C/C=C/c2ccco2)C(=O)N1c1ccc(O)cc1. The molecule has 6 heteroatoms. The van der Waals surface area contributed by atoms with Crippen molar-refractivity contribution in [1.82, 2.24) is 0 Å². The quantitative estimate of drug-likeness (QED) is 0.873. The lowest BCUT2D eigenvalue weighted by atomic mass is 10.2. The van der Waals surface area contributed by atoms with Gasteiger partial charge < -0.3 is 9.52 Å². The van der Waals surface area contributed by atoms with Crippen LogP contribution in [0.5, 0.6) is 5.75 Å². The molecule has 0 atom stereocenters. The van der Waals surface area contributed by atoms with Crippen molar-refractivity contribution >= 4 is 34.7 Å². The fourth-order valence-corrected chi connectivity index (χ4v) is 2.72. The smallest absolute Gasteiger partial charge is 0.298 e. The molecule has 2 heterocycles. The molecule has 1 aromatic carbocycles. The van der Waals surface area contributed by atoms with Crippen molar-refractivity contribution in [2.24, 2.45) is 0 Å². The second kappa shape index (κ2) is 5.95. The zero-order valence-electron chi connectivity index (χ0n) is 11.3. The largest absolute Gasteiger partial charge is 0.508 e. The molecular weight excluding hydrogens is 302 g/mol. The number of amides is 2. The van der Waals surface area contributed by atoms with Gasteiger partial charge in [-0.05, 0) is 60.3 Å². The van der Waals surface area contributed by atoms with Crippen LogP contribution in [0.1, 0.15) is 5.76 Å². The van der Waals surface area contributed by atoms with Crippen LogP contribution in [0.25, 0.3) is 6.08 Å². The molecule has 110 valence electrons. The van der Waals surface area contributed by atoms with Gasteiger partial charge in [-0.15, -0.1) is 0 Å². The Hall–Kier alpha value is -2.73. The number of carbonyl (C=O) groups is 2. The van der Waals surface area contributed by atoms with Crippen molar-refractivity contribution in [2.45, 2.75) is 0 Å². The number of hydrogen-bond donors (Lipinski definition) is 1. The molecule has 1 aliphatic rings. The summed E-state index contributed by atoms with van der Waals surface area (Å²) >= 11 is 0.872. The third-order valence-corrected chi connectivity index (χ3v) is 3.84. The second-order valence-corrected chi connectivity index (χ2v) is 5.42. The summed E-state index contributed by atoms with van der Waals surface area (Å²) in [7, 11) is 0. The Morgan fingerprint density at radius 2 is 1.91 bits per heavy atom. The first-order valence-corrected chi connectivity index (χ1v) is 7.24. The van der Waals surface area contributed by atoms with Crippen molar-refractivity contribution in [3.63, 3.8) is 0 Å². The Kier molecular flexibility index (Phi) is 3.84. The molecule has 22 heavy (non-hydrogen) atoms. The molecule has 0 spiro atoms. The molecule has 1 N–H and O–H groups in total. The first-order chi connectivity index (χ1) is 10.6. The Morgan fingerprint density at radius 3 is 2.59 bits per heavy atom. The maximum atomic E-state index is 12.3. The van der Waals surface area contributed by atoms with Gasteiger partial charge in [-0.25, -0.2) is 4.90 Å². The van der Waals surface area contributed by atoms with Crippen molar-refractivity contribution in [3.8, 4) is 5.75 Å². The van der Waals surface area contributed by atoms with E-state index in [1.54, 1.807) is 36.6 Å². The Morgan fingerprint density at radius 1 is 1.14 bits per heavy atom. The molecule has 0 unspecified atom stereocenters. The van der Waals surface area contributed by atoms with Gasteiger partial charge in [-0.1, -0.05) is 6.08 Å². The van der Waals surface area contributed by atoms with E-state index in [0.29, 0.717) is 16.4 Å². The highest BCUT2D eigenvalue weighted by Gasteiger charge is 2.35. The van der Waals surface area contributed by atoms with E-state index in [4.69, 9.17) is 4.42 Å². The van der Waals surface area contributed by atoms with Crippen LogP contribution in [-0.2, 0) is 4.79 Å². The van der Waals surface area contributed by atoms with Crippen LogP contribution < -0.4 is 4.90 Å². The Balaban J connectivity index is 1.80. The minimum Gasteiger partial charge on any atom is -0.508 e. The second-order valence-electron chi connectivity index (χ2n) is 4.43. The molecule has 0 bridgehead atoms. The Labute approximate surface area is 130 Å². The fourth-order valence-electron chi connectivity index (χ4n) is 1.92. The standard InChI is InChI=1S/C16H11NO4S/c18-12-8-6-11(7-9-12)17-15(19)14(22-16(17)20)5-1-3-13-4-2-10-21-13/h1-10,18H/b3-1+,14-5+. The van der Waals surface area contributed by atoms with Crippen molar-refractivity contribution in [3.05, 3.63) is 65.5 Å². The molecule has 0 saturated carbocycles. The molecule has 0 radical (unpaired) electrons. The average Bonchev–Trinajstić information content (AvgIpc) is 3.10. The summed E-state index contributed by atoms with van der Waals surface area (Å²) in [5.41, 5.74) is 0.429. The van der Waals surface area contributed by atoms with Gasteiger partial charge in [0.15, 0.2) is 0 Å². The van der Waals surface area contributed by atoms with Gasteiger partial charge >= 0.3 is 0 Å². The van der Waals surface area contributed by atoms with Crippen LogP contribution in [0.4, 0.5) is 10.5 Å². The number of rotatable bonds is 3. The van der Waals surface area contributed by atoms with Gasteiger partial charge in [0, 0.05) is 0 Å². The van der Waals surface area contributed by atoms with E-state index in [1.807, 2.05) is 0 Å². The molecular formula is C16H11NO4S. The van der Waals surface area contributed by atoms with Crippen LogP contribution in [0.3, 0.4) is 0 Å². The maximum absolute atomic E-state index is 12.3. The maximum Gasteiger partial charge on any atom is 0.298 e. The zero-order chi connectivity index (χ0) is 15.5. The first kappa shape index (κ1) is 14.2. The highest BCUT2D eigenvalue weighted by molar-refractivity contribution is 8.18.